The Bertz CT molecular complexity index is 149. The van der Waals surface area contributed by atoms with E-state index in [0.717, 1.165) is 21.4 Å². The summed E-state index contributed by atoms with van der Waals surface area (Å²) in [6.07, 6.45) is 3.93. The fraction of sp³-hybridized carbons (Fsp3) is 0.900. The zero-order valence-electron chi connectivity index (χ0n) is 9.14. The minimum atomic E-state index is -0.330. The number of carbonyl (C=O) groups excluding carboxylic acids is 1. The molecular formula is C10H21O2P. The molecule has 0 N–H and O–H groups in total. The molecule has 0 heterocycles. The van der Waals surface area contributed by atoms with Crippen LogP contribution in [0.5, 0.6) is 0 Å². The van der Waals surface area contributed by atoms with Crippen molar-refractivity contribution in [3.63, 3.8) is 0 Å². The quantitative estimate of drug-likeness (QED) is 0.391. The van der Waals surface area contributed by atoms with Crippen LogP contribution < -0.4 is 0 Å². The fourth-order valence-electron chi connectivity index (χ4n) is 0.964. The molecule has 0 bridgehead atoms. The Hall–Kier alpha value is -0.100. The second-order valence-corrected chi connectivity index (χ2v) is 5.35. The molecule has 0 aromatic heterocycles. The molecule has 0 aromatic carbocycles. The van der Waals surface area contributed by atoms with Crippen LogP contribution in [0.1, 0.15) is 40.0 Å². The lowest BCUT2D eigenvalue weighted by Crippen LogP contribution is -2.23. The molecule has 1 atom stereocenters. The van der Waals surface area contributed by atoms with E-state index >= 15 is 0 Å². The molecule has 0 aliphatic carbocycles. The molecule has 1 unspecified atom stereocenters. The van der Waals surface area contributed by atoms with Crippen molar-refractivity contribution in [3.05, 3.63) is 0 Å². The molecule has 13 heavy (non-hydrogen) atoms. The maximum absolute atomic E-state index is 11.2. The molecule has 0 rings (SSSR count). The summed E-state index contributed by atoms with van der Waals surface area (Å²) in [5, 5.41) is 0. The summed E-state index contributed by atoms with van der Waals surface area (Å²) >= 11 is 0. The standard InChI is InChI=1S/C10H21O2P/c1-10(2,3)12-9(11)7-5-6-8-13-4/h13H,5-8H2,1-4H3. The summed E-state index contributed by atoms with van der Waals surface area (Å²) in [4.78, 5) is 11.2. The van der Waals surface area contributed by atoms with Crippen LogP contribution in [0, 0.1) is 0 Å². The summed E-state index contributed by atoms with van der Waals surface area (Å²) in [7, 11) is 0.999. The molecule has 3 heteroatoms. The van der Waals surface area contributed by atoms with Gasteiger partial charge >= 0.3 is 5.97 Å². The van der Waals surface area contributed by atoms with Crippen LogP contribution in [0.4, 0.5) is 0 Å². The van der Waals surface area contributed by atoms with Crippen molar-refractivity contribution in [1.82, 2.24) is 0 Å². The van der Waals surface area contributed by atoms with E-state index in [2.05, 4.69) is 6.66 Å². The van der Waals surface area contributed by atoms with Gasteiger partial charge in [0.2, 0.25) is 0 Å². The number of unbranched alkanes of at least 4 members (excludes halogenated alkanes) is 1. The molecule has 2 nitrogen and oxygen atoms in total. The lowest BCUT2D eigenvalue weighted by atomic mass is 10.2. The topological polar surface area (TPSA) is 26.3 Å². The predicted octanol–water partition coefficient (Wildman–Crippen LogP) is 2.81. The molecule has 0 aliphatic rings. The van der Waals surface area contributed by atoms with E-state index in [1.165, 1.54) is 6.16 Å². The van der Waals surface area contributed by atoms with E-state index in [1.54, 1.807) is 0 Å². The summed E-state index contributed by atoms with van der Waals surface area (Å²) < 4.78 is 5.18. The highest BCUT2D eigenvalue weighted by atomic mass is 31.1. The van der Waals surface area contributed by atoms with Gasteiger partial charge in [0, 0.05) is 6.42 Å². The molecule has 0 spiro atoms. The third-order valence-electron chi connectivity index (χ3n) is 1.48. The molecule has 0 fully saturated rings. The first kappa shape index (κ1) is 12.9. The van der Waals surface area contributed by atoms with Crippen molar-refractivity contribution >= 4 is 14.6 Å². The van der Waals surface area contributed by atoms with Crippen LogP contribution in [0.25, 0.3) is 0 Å². The molecule has 0 saturated carbocycles. The van der Waals surface area contributed by atoms with Crippen LogP contribution in [-0.4, -0.2) is 24.4 Å². The number of ether oxygens (including phenoxy) is 1. The lowest BCUT2D eigenvalue weighted by Gasteiger charge is -2.19. The largest absolute Gasteiger partial charge is 0.460 e. The van der Waals surface area contributed by atoms with Gasteiger partial charge in [0.05, 0.1) is 0 Å². The fourth-order valence-corrected chi connectivity index (χ4v) is 1.57. The molecule has 0 amide bonds. The third-order valence-corrected chi connectivity index (χ3v) is 2.33. The second kappa shape index (κ2) is 6.37. The Balaban J connectivity index is 3.41. The van der Waals surface area contributed by atoms with Crippen LogP contribution in [0.2, 0.25) is 0 Å². The number of esters is 1. The molecule has 0 aromatic rings. The van der Waals surface area contributed by atoms with Crippen molar-refractivity contribution in [2.75, 3.05) is 12.8 Å². The minimum Gasteiger partial charge on any atom is -0.460 e. The summed E-state index contributed by atoms with van der Waals surface area (Å²) in [5.74, 6) is -0.0630. The van der Waals surface area contributed by atoms with E-state index in [1.807, 2.05) is 20.8 Å². The number of rotatable bonds is 5. The van der Waals surface area contributed by atoms with E-state index in [9.17, 15) is 4.79 Å². The predicted molar refractivity (Wildman–Crippen MR) is 58.8 cm³/mol. The summed E-state index contributed by atoms with van der Waals surface area (Å²) in [6.45, 7) is 7.89. The van der Waals surface area contributed by atoms with Gasteiger partial charge in [0.25, 0.3) is 0 Å². The Kier molecular flexibility index (Phi) is 6.32. The Morgan fingerprint density at radius 2 is 1.92 bits per heavy atom. The normalized spacial score (nSPS) is 12.3. The molecule has 0 radical (unpaired) electrons. The van der Waals surface area contributed by atoms with E-state index in [-0.39, 0.29) is 11.6 Å². The van der Waals surface area contributed by atoms with Gasteiger partial charge in [-0.15, -0.1) is 8.58 Å². The molecular weight excluding hydrogens is 183 g/mol. The van der Waals surface area contributed by atoms with Gasteiger partial charge in [-0.2, -0.15) is 0 Å². The van der Waals surface area contributed by atoms with Crippen molar-refractivity contribution in [2.24, 2.45) is 0 Å². The number of carbonyl (C=O) groups is 1. The molecule has 78 valence electrons. The second-order valence-electron chi connectivity index (χ2n) is 4.15. The Labute approximate surface area is 83.2 Å². The molecule has 0 saturated heterocycles. The smallest absolute Gasteiger partial charge is 0.306 e. The maximum atomic E-state index is 11.2. The summed E-state index contributed by atoms with van der Waals surface area (Å²) in [6, 6.07) is 0. The van der Waals surface area contributed by atoms with E-state index in [0.29, 0.717) is 6.42 Å². The van der Waals surface area contributed by atoms with Crippen LogP contribution >= 0.6 is 8.58 Å². The van der Waals surface area contributed by atoms with E-state index in [4.69, 9.17) is 4.74 Å². The highest BCUT2D eigenvalue weighted by Crippen LogP contribution is 2.11. The van der Waals surface area contributed by atoms with Gasteiger partial charge in [-0.3, -0.25) is 4.79 Å². The minimum absolute atomic E-state index is 0.0630. The highest BCUT2D eigenvalue weighted by Gasteiger charge is 2.15. The van der Waals surface area contributed by atoms with Gasteiger partial charge in [0.15, 0.2) is 0 Å². The number of hydrogen-bond donors (Lipinski definition) is 0. The van der Waals surface area contributed by atoms with Gasteiger partial charge in [-0.1, -0.05) is 0 Å². The van der Waals surface area contributed by atoms with Crippen molar-refractivity contribution < 1.29 is 9.53 Å². The van der Waals surface area contributed by atoms with Crippen LogP contribution in [0.15, 0.2) is 0 Å². The van der Waals surface area contributed by atoms with Gasteiger partial charge in [-0.25, -0.2) is 0 Å². The Morgan fingerprint density at radius 3 is 2.38 bits per heavy atom. The van der Waals surface area contributed by atoms with Crippen molar-refractivity contribution in [1.29, 1.82) is 0 Å². The summed E-state index contributed by atoms with van der Waals surface area (Å²) in [5.41, 5.74) is -0.330. The zero-order chi connectivity index (χ0) is 10.3. The van der Waals surface area contributed by atoms with Crippen molar-refractivity contribution in [3.8, 4) is 0 Å². The SMILES string of the molecule is CPCCCCC(=O)OC(C)(C)C. The average molecular weight is 204 g/mol. The monoisotopic (exact) mass is 204 g/mol. The van der Waals surface area contributed by atoms with E-state index < -0.39 is 0 Å². The first-order valence-corrected chi connectivity index (χ1v) is 6.53. The van der Waals surface area contributed by atoms with Crippen LogP contribution in [-0.2, 0) is 9.53 Å². The lowest BCUT2D eigenvalue weighted by molar-refractivity contribution is -0.154. The maximum Gasteiger partial charge on any atom is 0.306 e. The zero-order valence-corrected chi connectivity index (χ0v) is 10.1. The first-order valence-electron chi connectivity index (χ1n) is 4.82. The third kappa shape index (κ3) is 9.82. The number of hydrogen-bond acceptors (Lipinski definition) is 2. The van der Waals surface area contributed by atoms with Gasteiger partial charge < -0.3 is 4.74 Å². The molecule has 0 aliphatic heterocycles. The average Bonchev–Trinajstić information content (AvgIpc) is 1.94. The Morgan fingerprint density at radius 1 is 1.31 bits per heavy atom. The van der Waals surface area contributed by atoms with Gasteiger partial charge in [-0.05, 0) is 46.4 Å². The first-order chi connectivity index (χ1) is 5.95. The highest BCUT2D eigenvalue weighted by molar-refractivity contribution is 7.36. The van der Waals surface area contributed by atoms with Gasteiger partial charge in [0.1, 0.15) is 5.60 Å². The van der Waals surface area contributed by atoms with Crippen molar-refractivity contribution in [2.45, 2.75) is 45.6 Å². The van der Waals surface area contributed by atoms with Crippen LogP contribution in [0.3, 0.4) is 0 Å².